The van der Waals surface area contributed by atoms with E-state index in [2.05, 4.69) is 4.72 Å². The van der Waals surface area contributed by atoms with Crippen molar-refractivity contribution >= 4 is 27.9 Å². The first-order valence-corrected chi connectivity index (χ1v) is 6.14. The van der Waals surface area contributed by atoms with Crippen molar-refractivity contribution in [1.29, 1.82) is 0 Å². The minimum Gasteiger partial charge on any atom is -0.495 e. The van der Waals surface area contributed by atoms with Gasteiger partial charge in [0, 0.05) is 0 Å². The third kappa shape index (κ3) is 2.94. The first-order valence-electron chi connectivity index (χ1n) is 4.28. The number of methoxy groups -OCH3 is 1. The van der Waals surface area contributed by atoms with Crippen molar-refractivity contribution in [2.75, 3.05) is 13.7 Å². The highest BCUT2D eigenvalue weighted by Crippen LogP contribution is 2.26. The monoisotopic (exact) mass is 263 g/mol. The highest BCUT2D eigenvalue weighted by Gasteiger charge is 2.14. The molecule has 0 saturated carbocycles. The van der Waals surface area contributed by atoms with Crippen molar-refractivity contribution < 1.29 is 17.9 Å². The highest BCUT2D eigenvalue weighted by molar-refractivity contribution is 7.89. The molecule has 1 N–H and O–H groups in total. The Labute approximate surface area is 98.4 Å². The standard InChI is InChI=1S/C9H10ClNO4S/c1-15-9-3-2-7(6-8(9)10)16(13,14)11-4-5-12/h2-3,5-6,11H,4H2,1H3. The van der Waals surface area contributed by atoms with Gasteiger partial charge in [-0.3, -0.25) is 0 Å². The number of sulfonamides is 1. The smallest absolute Gasteiger partial charge is 0.241 e. The Hall–Kier alpha value is -1.11. The number of hydrogen-bond donors (Lipinski definition) is 1. The molecule has 88 valence electrons. The van der Waals surface area contributed by atoms with Crippen LogP contribution >= 0.6 is 11.6 Å². The Morgan fingerprint density at radius 1 is 1.50 bits per heavy atom. The molecule has 0 fully saturated rings. The third-order valence-electron chi connectivity index (χ3n) is 1.79. The summed E-state index contributed by atoms with van der Waals surface area (Å²) >= 11 is 5.78. The Kier molecular flexibility index (Phi) is 4.28. The minimum absolute atomic E-state index is 0.0137. The predicted molar refractivity (Wildman–Crippen MR) is 59.3 cm³/mol. The maximum Gasteiger partial charge on any atom is 0.241 e. The number of ether oxygens (including phenoxy) is 1. The molecule has 5 nitrogen and oxygen atoms in total. The van der Waals surface area contributed by atoms with Crippen molar-refractivity contribution in [3.63, 3.8) is 0 Å². The predicted octanol–water partition coefficient (Wildman–Crippen LogP) is 0.826. The van der Waals surface area contributed by atoms with Crippen LogP contribution in [-0.2, 0) is 14.8 Å². The van der Waals surface area contributed by atoms with Gasteiger partial charge in [0.25, 0.3) is 0 Å². The number of halogens is 1. The Morgan fingerprint density at radius 2 is 2.19 bits per heavy atom. The van der Waals surface area contributed by atoms with Crippen LogP contribution in [0.15, 0.2) is 23.1 Å². The van der Waals surface area contributed by atoms with E-state index in [-0.39, 0.29) is 16.5 Å². The van der Waals surface area contributed by atoms with Crippen molar-refractivity contribution in [2.24, 2.45) is 0 Å². The summed E-state index contributed by atoms with van der Waals surface area (Å²) in [6.07, 6.45) is 0.461. The molecule has 1 aromatic carbocycles. The van der Waals surface area contributed by atoms with Crippen molar-refractivity contribution in [2.45, 2.75) is 4.90 Å². The number of nitrogens with one attached hydrogen (secondary N) is 1. The Morgan fingerprint density at radius 3 is 2.69 bits per heavy atom. The molecule has 0 heterocycles. The average Bonchev–Trinajstić information content (AvgIpc) is 2.26. The Bertz CT molecular complexity index is 486. The van der Waals surface area contributed by atoms with E-state index in [4.69, 9.17) is 16.3 Å². The molecule has 0 aliphatic rings. The summed E-state index contributed by atoms with van der Waals surface area (Å²) in [5.74, 6) is 0.385. The normalized spacial score (nSPS) is 11.1. The lowest BCUT2D eigenvalue weighted by atomic mass is 10.3. The van der Waals surface area contributed by atoms with Gasteiger partial charge in [-0.1, -0.05) is 11.6 Å². The van der Waals surface area contributed by atoms with Crippen LogP contribution in [0, 0.1) is 0 Å². The lowest BCUT2D eigenvalue weighted by Gasteiger charge is -2.06. The molecule has 0 aromatic heterocycles. The van der Waals surface area contributed by atoms with Gasteiger partial charge in [-0.15, -0.1) is 0 Å². The second-order valence-corrected chi connectivity index (χ2v) is 4.99. The number of carbonyl (C=O) groups is 1. The van der Waals surface area contributed by atoms with Crippen molar-refractivity contribution in [1.82, 2.24) is 4.72 Å². The molecule has 1 rings (SSSR count). The molecular weight excluding hydrogens is 254 g/mol. The average molecular weight is 264 g/mol. The molecule has 0 bridgehead atoms. The van der Waals surface area contributed by atoms with E-state index in [9.17, 15) is 13.2 Å². The van der Waals surface area contributed by atoms with Gasteiger partial charge in [0.15, 0.2) is 0 Å². The second kappa shape index (κ2) is 5.29. The molecule has 0 aliphatic heterocycles. The lowest BCUT2D eigenvalue weighted by Crippen LogP contribution is -2.25. The van der Waals surface area contributed by atoms with E-state index >= 15 is 0 Å². The highest BCUT2D eigenvalue weighted by atomic mass is 35.5. The molecule has 1 aromatic rings. The maximum atomic E-state index is 11.6. The van der Waals surface area contributed by atoms with E-state index in [1.165, 1.54) is 25.3 Å². The molecule has 7 heteroatoms. The van der Waals surface area contributed by atoms with Crippen LogP contribution in [0.1, 0.15) is 0 Å². The zero-order chi connectivity index (χ0) is 12.2. The Balaban J connectivity index is 3.05. The number of benzene rings is 1. The van der Waals surface area contributed by atoms with E-state index in [1.807, 2.05) is 0 Å². The first-order chi connectivity index (χ1) is 7.51. The molecule has 0 unspecified atom stereocenters. The van der Waals surface area contributed by atoms with Gasteiger partial charge in [0.2, 0.25) is 10.0 Å². The van der Waals surface area contributed by atoms with Crippen LogP contribution in [0.4, 0.5) is 0 Å². The van der Waals surface area contributed by atoms with Gasteiger partial charge in [0.05, 0.1) is 23.6 Å². The van der Waals surface area contributed by atoms with Gasteiger partial charge in [-0.2, -0.15) is 0 Å². The SMILES string of the molecule is COc1ccc(S(=O)(=O)NCC=O)cc1Cl. The van der Waals surface area contributed by atoms with E-state index < -0.39 is 10.0 Å². The number of aldehydes is 1. The van der Waals surface area contributed by atoms with Gasteiger partial charge < -0.3 is 9.53 Å². The fourth-order valence-corrected chi connectivity index (χ4v) is 2.34. The maximum absolute atomic E-state index is 11.6. The summed E-state index contributed by atoms with van der Waals surface area (Å²) in [4.78, 5) is 10.1. The number of hydrogen-bond acceptors (Lipinski definition) is 4. The van der Waals surface area contributed by atoms with Gasteiger partial charge in [-0.05, 0) is 18.2 Å². The van der Waals surface area contributed by atoms with E-state index in [1.54, 1.807) is 0 Å². The summed E-state index contributed by atoms with van der Waals surface area (Å²) in [5, 5.41) is 0.191. The molecule has 0 atom stereocenters. The van der Waals surface area contributed by atoms with Gasteiger partial charge in [0.1, 0.15) is 12.0 Å². The zero-order valence-electron chi connectivity index (χ0n) is 8.44. The number of rotatable bonds is 5. The molecule has 0 saturated heterocycles. The van der Waals surface area contributed by atoms with Gasteiger partial charge in [-0.25, -0.2) is 13.1 Å². The summed E-state index contributed by atoms with van der Waals surface area (Å²) in [6.45, 7) is -0.272. The van der Waals surface area contributed by atoms with E-state index in [0.717, 1.165) is 0 Å². The first kappa shape index (κ1) is 13.0. The molecule has 0 amide bonds. The molecule has 0 aliphatic carbocycles. The van der Waals surface area contributed by atoms with Crippen LogP contribution in [-0.4, -0.2) is 28.4 Å². The van der Waals surface area contributed by atoms with E-state index in [0.29, 0.717) is 12.0 Å². The minimum atomic E-state index is -3.69. The molecule has 0 radical (unpaired) electrons. The van der Waals surface area contributed by atoms with Crippen molar-refractivity contribution in [3.05, 3.63) is 23.2 Å². The topological polar surface area (TPSA) is 72.5 Å². The summed E-state index contributed by atoms with van der Waals surface area (Å²) in [7, 11) is -2.26. The second-order valence-electron chi connectivity index (χ2n) is 2.81. The summed E-state index contributed by atoms with van der Waals surface area (Å²) < 4.78 is 30.1. The quantitative estimate of drug-likeness (QED) is 0.799. The largest absolute Gasteiger partial charge is 0.495 e. The number of carbonyl (C=O) groups excluding carboxylic acids is 1. The zero-order valence-corrected chi connectivity index (χ0v) is 10.0. The van der Waals surface area contributed by atoms with Crippen LogP contribution in [0.5, 0.6) is 5.75 Å². The fraction of sp³-hybridized carbons (Fsp3) is 0.222. The summed E-state index contributed by atoms with van der Waals surface area (Å²) in [6, 6.07) is 4.04. The third-order valence-corrected chi connectivity index (χ3v) is 3.51. The van der Waals surface area contributed by atoms with Crippen LogP contribution in [0.3, 0.4) is 0 Å². The van der Waals surface area contributed by atoms with Gasteiger partial charge >= 0.3 is 0 Å². The van der Waals surface area contributed by atoms with Crippen LogP contribution < -0.4 is 9.46 Å². The molecule has 0 spiro atoms. The fourth-order valence-electron chi connectivity index (χ4n) is 1.04. The lowest BCUT2D eigenvalue weighted by molar-refractivity contribution is -0.106. The van der Waals surface area contributed by atoms with Crippen LogP contribution in [0.2, 0.25) is 5.02 Å². The van der Waals surface area contributed by atoms with Crippen molar-refractivity contribution in [3.8, 4) is 5.75 Å². The molecule has 16 heavy (non-hydrogen) atoms. The summed E-state index contributed by atoms with van der Waals surface area (Å²) in [5.41, 5.74) is 0. The van der Waals surface area contributed by atoms with Crippen LogP contribution in [0.25, 0.3) is 0 Å². The molecular formula is C9H10ClNO4S.